The van der Waals surface area contributed by atoms with Crippen molar-refractivity contribution in [3.05, 3.63) is 65.5 Å². The first-order chi connectivity index (χ1) is 18.5. The smallest absolute Gasteiger partial charge is 0.244 e. The van der Waals surface area contributed by atoms with E-state index in [0.29, 0.717) is 5.69 Å². The largest absolute Gasteiger partial charge is 0.357 e. The maximum Gasteiger partial charge on any atom is 0.244 e. The number of nitrogens with zero attached hydrogens (tertiary/aromatic N) is 2. The van der Waals surface area contributed by atoms with Crippen LogP contribution in [0.4, 0.5) is 10.1 Å². The van der Waals surface area contributed by atoms with Crippen molar-refractivity contribution < 1.29 is 22.4 Å². The van der Waals surface area contributed by atoms with Gasteiger partial charge in [-0.25, -0.2) is 12.8 Å². The number of hydrogen-bond acceptors (Lipinski definition) is 4. The van der Waals surface area contributed by atoms with Gasteiger partial charge in [-0.1, -0.05) is 30.3 Å². The highest BCUT2D eigenvalue weighted by Gasteiger charge is 2.51. The molecule has 7 nitrogen and oxygen atoms in total. The fourth-order valence-electron chi connectivity index (χ4n) is 7.66. The van der Waals surface area contributed by atoms with Crippen LogP contribution in [0.1, 0.15) is 56.6 Å². The summed E-state index contributed by atoms with van der Waals surface area (Å²) >= 11 is 0. The molecule has 4 aliphatic rings. The Morgan fingerprint density at radius 3 is 2.08 bits per heavy atom. The van der Waals surface area contributed by atoms with E-state index in [0.717, 1.165) is 28.3 Å². The van der Waals surface area contributed by atoms with Crippen LogP contribution in [0.5, 0.6) is 0 Å². The molecule has 0 aliphatic heterocycles. The highest BCUT2D eigenvalue weighted by atomic mass is 32.2. The number of carbonyl (C=O) groups is 2. The Balaban J connectivity index is 1.39. The lowest BCUT2D eigenvalue weighted by Gasteiger charge is -2.57. The monoisotopic (exact) mass is 555 g/mol. The van der Waals surface area contributed by atoms with Crippen LogP contribution in [0.15, 0.2) is 48.5 Å². The summed E-state index contributed by atoms with van der Waals surface area (Å²) < 4.78 is 41.3. The second kappa shape index (κ2) is 10.6. The number of carbonyl (C=O) groups excluding carboxylic acids is 2. The summed E-state index contributed by atoms with van der Waals surface area (Å²) in [6, 6.07) is 12.8. The molecule has 2 aromatic rings. The van der Waals surface area contributed by atoms with E-state index in [1.165, 1.54) is 62.1 Å². The summed E-state index contributed by atoms with van der Waals surface area (Å²) in [7, 11) is -2.37. The Morgan fingerprint density at radius 1 is 1.00 bits per heavy atom. The van der Waals surface area contributed by atoms with Crippen LogP contribution in [-0.4, -0.2) is 51.0 Å². The van der Waals surface area contributed by atoms with Gasteiger partial charge in [-0.15, -0.1) is 0 Å². The second-order valence-electron chi connectivity index (χ2n) is 11.9. The third kappa shape index (κ3) is 5.55. The van der Waals surface area contributed by atoms with Crippen molar-refractivity contribution in [2.75, 3.05) is 24.2 Å². The number of rotatable bonds is 9. The van der Waals surface area contributed by atoms with E-state index in [-0.39, 0.29) is 17.5 Å². The van der Waals surface area contributed by atoms with Gasteiger partial charge in [0.2, 0.25) is 21.8 Å². The molecule has 0 radical (unpaired) electrons. The van der Waals surface area contributed by atoms with Crippen LogP contribution in [0, 0.1) is 23.6 Å². The van der Waals surface area contributed by atoms with Gasteiger partial charge >= 0.3 is 0 Å². The van der Waals surface area contributed by atoms with Crippen LogP contribution >= 0.6 is 0 Å². The van der Waals surface area contributed by atoms with Crippen molar-refractivity contribution in [3.8, 4) is 0 Å². The highest BCUT2D eigenvalue weighted by molar-refractivity contribution is 7.92. The minimum absolute atomic E-state index is 0.164. The van der Waals surface area contributed by atoms with Crippen LogP contribution in [-0.2, 0) is 31.6 Å². The Morgan fingerprint density at radius 2 is 1.56 bits per heavy atom. The van der Waals surface area contributed by atoms with Crippen LogP contribution in [0.3, 0.4) is 0 Å². The Kier molecular flexibility index (Phi) is 7.48. The van der Waals surface area contributed by atoms with Crippen molar-refractivity contribution in [1.29, 1.82) is 0 Å². The van der Waals surface area contributed by atoms with E-state index in [1.54, 1.807) is 37.3 Å². The molecular weight excluding hydrogens is 517 g/mol. The van der Waals surface area contributed by atoms with Crippen molar-refractivity contribution >= 4 is 27.5 Å². The predicted octanol–water partition coefficient (Wildman–Crippen LogP) is 4.22. The summed E-state index contributed by atoms with van der Waals surface area (Å²) in [5.74, 6) is 0.867. The molecule has 4 aliphatic carbocycles. The molecule has 1 atom stereocenters. The average molecular weight is 556 g/mol. The van der Waals surface area contributed by atoms with Gasteiger partial charge in [0, 0.05) is 19.2 Å². The van der Waals surface area contributed by atoms with E-state index in [9.17, 15) is 22.4 Å². The molecule has 1 N–H and O–H groups in total. The van der Waals surface area contributed by atoms with Gasteiger partial charge in [0.25, 0.3) is 0 Å². The molecule has 4 saturated carbocycles. The lowest BCUT2D eigenvalue weighted by molar-refractivity contribution is -0.139. The number of benzene rings is 2. The van der Waals surface area contributed by atoms with Gasteiger partial charge < -0.3 is 10.2 Å². The SMILES string of the molecule is CNC(=O)[C@H](C)N(Cc1ccccc1F)C(=O)CN(c1ccc(C23CC4CC(CC(C4)C2)C3)cc1)S(C)(=O)=O. The molecule has 210 valence electrons. The van der Waals surface area contributed by atoms with Gasteiger partial charge in [0.15, 0.2) is 0 Å². The normalized spacial score (nSPS) is 26.2. The third-order valence-electron chi connectivity index (χ3n) is 9.20. The average Bonchev–Trinajstić information content (AvgIpc) is 2.89. The third-order valence-corrected chi connectivity index (χ3v) is 10.3. The van der Waals surface area contributed by atoms with Gasteiger partial charge in [-0.3, -0.25) is 13.9 Å². The van der Waals surface area contributed by atoms with E-state index < -0.39 is 40.2 Å². The number of amides is 2. The molecule has 6 rings (SSSR count). The first kappa shape index (κ1) is 27.6. The number of likely N-dealkylation sites (N-methyl/N-ethyl adjacent to an activating group) is 1. The summed E-state index contributed by atoms with van der Waals surface area (Å²) in [6.45, 7) is 0.886. The molecule has 0 aromatic heterocycles. The van der Waals surface area contributed by atoms with Crippen LogP contribution < -0.4 is 9.62 Å². The lowest BCUT2D eigenvalue weighted by atomic mass is 9.48. The molecule has 4 fully saturated rings. The molecule has 2 amide bonds. The van der Waals surface area contributed by atoms with E-state index in [1.807, 2.05) is 12.1 Å². The molecule has 2 aromatic carbocycles. The number of anilines is 1. The maximum atomic E-state index is 14.4. The van der Waals surface area contributed by atoms with Gasteiger partial charge in [-0.05, 0) is 92.4 Å². The van der Waals surface area contributed by atoms with Gasteiger partial charge in [0.1, 0.15) is 18.4 Å². The first-order valence-electron chi connectivity index (χ1n) is 13.8. The number of hydrogen-bond donors (Lipinski definition) is 1. The fraction of sp³-hybridized carbons (Fsp3) is 0.533. The number of nitrogens with one attached hydrogen (secondary N) is 1. The maximum absolute atomic E-state index is 14.4. The van der Waals surface area contributed by atoms with Crippen molar-refractivity contribution in [2.24, 2.45) is 17.8 Å². The van der Waals surface area contributed by atoms with E-state index >= 15 is 0 Å². The minimum atomic E-state index is -3.83. The summed E-state index contributed by atoms with van der Waals surface area (Å²) in [6.07, 6.45) is 8.72. The van der Waals surface area contributed by atoms with E-state index in [2.05, 4.69) is 5.32 Å². The molecule has 0 heterocycles. The summed E-state index contributed by atoms with van der Waals surface area (Å²) in [4.78, 5) is 27.2. The standard InChI is InChI=1S/C30H38FN3O4S/c1-20(29(36)32-2)33(18-24-6-4-5-7-27(24)31)28(35)19-34(39(3,37)38)26-10-8-25(9-11-26)30-15-21-12-22(16-30)14-23(13-21)17-30/h4-11,20-23H,12-19H2,1-3H3,(H,32,36)/t20-,21?,22?,23?,30?/m0/s1. The second-order valence-corrected chi connectivity index (χ2v) is 13.8. The zero-order valence-corrected chi connectivity index (χ0v) is 23.7. The molecule has 4 bridgehead atoms. The molecule has 0 unspecified atom stereocenters. The fourth-order valence-corrected chi connectivity index (χ4v) is 8.51. The summed E-state index contributed by atoms with van der Waals surface area (Å²) in [5, 5.41) is 2.52. The van der Waals surface area contributed by atoms with E-state index in [4.69, 9.17) is 0 Å². The van der Waals surface area contributed by atoms with Gasteiger partial charge in [0.05, 0.1) is 11.9 Å². The Hall–Kier alpha value is -2.94. The van der Waals surface area contributed by atoms with Crippen molar-refractivity contribution in [2.45, 2.75) is 63.5 Å². The zero-order chi connectivity index (χ0) is 27.9. The highest BCUT2D eigenvalue weighted by Crippen LogP contribution is 2.60. The molecule has 39 heavy (non-hydrogen) atoms. The zero-order valence-electron chi connectivity index (χ0n) is 22.9. The Bertz CT molecular complexity index is 1310. The number of halogens is 1. The first-order valence-corrected chi connectivity index (χ1v) is 15.7. The Labute approximate surface area is 230 Å². The number of sulfonamides is 1. The molecule has 0 spiro atoms. The topological polar surface area (TPSA) is 86.8 Å². The quantitative estimate of drug-likeness (QED) is 0.502. The minimum Gasteiger partial charge on any atom is -0.357 e. The molecule has 9 heteroatoms. The van der Waals surface area contributed by atoms with Crippen molar-refractivity contribution in [3.63, 3.8) is 0 Å². The predicted molar refractivity (Wildman–Crippen MR) is 149 cm³/mol. The van der Waals surface area contributed by atoms with Gasteiger partial charge in [-0.2, -0.15) is 0 Å². The lowest BCUT2D eigenvalue weighted by Crippen LogP contribution is -2.50. The van der Waals surface area contributed by atoms with Crippen molar-refractivity contribution in [1.82, 2.24) is 10.2 Å². The summed E-state index contributed by atoms with van der Waals surface area (Å²) in [5.41, 5.74) is 2.09. The van der Waals surface area contributed by atoms with Crippen LogP contribution in [0.25, 0.3) is 0 Å². The molecular formula is C30H38FN3O4S. The van der Waals surface area contributed by atoms with Crippen LogP contribution in [0.2, 0.25) is 0 Å². The molecule has 0 saturated heterocycles.